The summed E-state index contributed by atoms with van der Waals surface area (Å²) in [6.45, 7) is 7.03. The summed E-state index contributed by atoms with van der Waals surface area (Å²) >= 11 is 0. The van der Waals surface area contributed by atoms with Gasteiger partial charge in [0.05, 0.1) is 0 Å². The lowest BCUT2D eigenvalue weighted by Gasteiger charge is -2.36. The number of amides is 2. The van der Waals surface area contributed by atoms with Crippen molar-refractivity contribution in [1.29, 1.82) is 0 Å². The second-order valence-corrected chi connectivity index (χ2v) is 8.53. The van der Waals surface area contributed by atoms with Crippen LogP contribution in [0.15, 0.2) is 22.9 Å². The van der Waals surface area contributed by atoms with Crippen molar-refractivity contribution in [2.75, 3.05) is 31.5 Å². The normalized spacial score (nSPS) is 17.8. The van der Waals surface area contributed by atoms with Gasteiger partial charge in [-0.3, -0.25) is 14.5 Å². The Morgan fingerprint density at radius 3 is 2.52 bits per heavy atom. The average molecular weight is 429 g/mol. The highest BCUT2D eigenvalue weighted by molar-refractivity contribution is 6.03. The third kappa shape index (κ3) is 4.79. The molecule has 31 heavy (non-hydrogen) atoms. The summed E-state index contributed by atoms with van der Waals surface area (Å²) in [7, 11) is 0. The van der Waals surface area contributed by atoms with Gasteiger partial charge in [0.25, 0.3) is 5.91 Å². The molecule has 2 fully saturated rings. The molecule has 7 nitrogen and oxygen atoms in total. The Labute approximate surface area is 181 Å². The lowest BCUT2D eigenvalue weighted by atomic mass is 10.0. The van der Waals surface area contributed by atoms with E-state index in [-0.39, 0.29) is 11.6 Å². The van der Waals surface area contributed by atoms with E-state index in [9.17, 15) is 14.0 Å². The van der Waals surface area contributed by atoms with Crippen molar-refractivity contribution in [2.45, 2.75) is 46.1 Å². The van der Waals surface area contributed by atoms with E-state index in [2.05, 4.69) is 15.2 Å². The molecule has 0 spiro atoms. The van der Waals surface area contributed by atoms with E-state index in [1.807, 2.05) is 11.8 Å². The van der Waals surface area contributed by atoms with Gasteiger partial charge in [0.15, 0.2) is 12.1 Å². The van der Waals surface area contributed by atoms with Crippen LogP contribution in [0, 0.1) is 25.6 Å². The second kappa shape index (κ2) is 9.18. The van der Waals surface area contributed by atoms with Crippen LogP contribution >= 0.6 is 0 Å². The van der Waals surface area contributed by atoms with Crippen molar-refractivity contribution >= 4 is 17.5 Å². The van der Waals surface area contributed by atoms with E-state index in [0.717, 1.165) is 49.9 Å². The fourth-order valence-electron chi connectivity index (χ4n) is 4.53. The fourth-order valence-corrected chi connectivity index (χ4v) is 4.53. The van der Waals surface area contributed by atoms with Gasteiger partial charge in [0, 0.05) is 44.3 Å². The lowest BCUT2D eigenvalue weighted by Crippen LogP contribution is -2.49. The maximum atomic E-state index is 14.3. The number of piperazine rings is 1. The molecule has 2 aliphatic rings. The number of halogens is 1. The number of aryl methyl sites for hydroxylation is 1. The molecule has 0 bridgehead atoms. The van der Waals surface area contributed by atoms with Crippen LogP contribution in [-0.2, 0) is 11.3 Å². The number of anilines is 1. The highest BCUT2D eigenvalue weighted by Crippen LogP contribution is 2.28. The summed E-state index contributed by atoms with van der Waals surface area (Å²) in [4.78, 5) is 33.2. The zero-order valence-corrected chi connectivity index (χ0v) is 18.1. The molecule has 1 aromatic heterocycles. The number of rotatable bonds is 5. The number of oxazole rings is 1. The fraction of sp³-hybridized carbons (Fsp3) is 0.522. The van der Waals surface area contributed by atoms with Crippen molar-refractivity contribution < 1.29 is 18.4 Å². The first kappa shape index (κ1) is 21.5. The van der Waals surface area contributed by atoms with Gasteiger partial charge in [-0.2, -0.15) is 0 Å². The summed E-state index contributed by atoms with van der Waals surface area (Å²) in [5, 5.41) is 2.75. The molecule has 2 amide bonds. The third-order valence-electron chi connectivity index (χ3n) is 6.47. The van der Waals surface area contributed by atoms with E-state index in [4.69, 9.17) is 4.42 Å². The zero-order chi connectivity index (χ0) is 22.0. The number of nitrogens with one attached hydrogen (secondary N) is 1. The van der Waals surface area contributed by atoms with Gasteiger partial charge in [0.2, 0.25) is 5.91 Å². The Morgan fingerprint density at radius 2 is 1.87 bits per heavy atom. The van der Waals surface area contributed by atoms with Crippen molar-refractivity contribution in [1.82, 2.24) is 14.8 Å². The summed E-state index contributed by atoms with van der Waals surface area (Å²) in [6.07, 6.45) is 5.56. The maximum absolute atomic E-state index is 14.3. The van der Waals surface area contributed by atoms with Gasteiger partial charge in [-0.05, 0) is 49.9 Å². The Bertz CT molecular complexity index is 960. The predicted octanol–water partition coefficient (Wildman–Crippen LogP) is 3.52. The SMILES string of the molecule is Cc1ocnc1C(=O)Nc1cc(F)cc(CN2CCN(C(=O)C3CCCC3)CC2)c1C. The zero-order valence-electron chi connectivity index (χ0n) is 18.1. The topological polar surface area (TPSA) is 78.7 Å². The van der Waals surface area contributed by atoms with Gasteiger partial charge >= 0.3 is 0 Å². The van der Waals surface area contributed by atoms with Crippen LogP contribution in [0.25, 0.3) is 0 Å². The predicted molar refractivity (Wildman–Crippen MR) is 114 cm³/mol. The van der Waals surface area contributed by atoms with Crippen molar-refractivity contribution in [3.05, 3.63) is 46.9 Å². The molecule has 1 N–H and O–H groups in total. The quantitative estimate of drug-likeness (QED) is 0.788. The Hall–Kier alpha value is -2.74. The van der Waals surface area contributed by atoms with Crippen LogP contribution in [0.2, 0.25) is 0 Å². The molecule has 1 aromatic carbocycles. The smallest absolute Gasteiger partial charge is 0.277 e. The number of carbonyl (C=O) groups is 2. The Morgan fingerprint density at radius 1 is 1.16 bits per heavy atom. The molecular formula is C23H29FN4O3. The minimum Gasteiger partial charge on any atom is -0.448 e. The molecule has 8 heteroatoms. The molecule has 0 unspecified atom stereocenters. The molecule has 0 radical (unpaired) electrons. The van der Waals surface area contributed by atoms with E-state index in [0.29, 0.717) is 37.0 Å². The van der Waals surface area contributed by atoms with Gasteiger partial charge < -0.3 is 14.6 Å². The molecule has 1 aliphatic carbocycles. The van der Waals surface area contributed by atoms with Crippen LogP contribution in [0.3, 0.4) is 0 Å². The molecule has 2 aromatic rings. The average Bonchev–Trinajstić information content (AvgIpc) is 3.43. The summed E-state index contributed by atoms with van der Waals surface area (Å²) in [5.74, 6) is 0.0911. The number of aromatic nitrogens is 1. The molecule has 1 aliphatic heterocycles. The standard InChI is InChI=1S/C23H29FN4O3/c1-15-18(11-19(24)12-20(15)26-22(29)21-16(2)31-14-25-21)13-27-7-9-28(10-8-27)23(30)17-5-3-4-6-17/h11-12,14,17H,3-10,13H2,1-2H3,(H,26,29). The van der Waals surface area contributed by atoms with E-state index in [1.165, 1.54) is 18.5 Å². The highest BCUT2D eigenvalue weighted by atomic mass is 19.1. The number of carbonyl (C=O) groups excluding carboxylic acids is 2. The lowest BCUT2D eigenvalue weighted by molar-refractivity contribution is -0.137. The maximum Gasteiger partial charge on any atom is 0.277 e. The molecular weight excluding hydrogens is 399 g/mol. The molecule has 0 atom stereocenters. The molecule has 166 valence electrons. The van der Waals surface area contributed by atoms with Crippen LogP contribution in [-0.4, -0.2) is 52.8 Å². The van der Waals surface area contributed by atoms with Gasteiger partial charge in [-0.1, -0.05) is 12.8 Å². The van der Waals surface area contributed by atoms with E-state index < -0.39 is 11.7 Å². The molecule has 4 rings (SSSR count). The Kier molecular flexibility index (Phi) is 6.36. The molecule has 1 saturated carbocycles. The van der Waals surface area contributed by atoms with E-state index >= 15 is 0 Å². The van der Waals surface area contributed by atoms with Crippen LogP contribution in [0.1, 0.15) is 53.1 Å². The summed E-state index contributed by atoms with van der Waals surface area (Å²) in [5.41, 5.74) is 2.26. The summed E-state index contributed by atoms with van der Waals surface area (Å²) in [6, 6.07) is 2.84. The largest absolute Gasteiger partial charge is 0.448 e. The van der Waals surface area contributed by atoms with Gasteiger partial charge in [0.1, 0.15) is 11.6 Å². The highest BCUT2D eigenvalue weighted by Gasteiger charge is 2.29. The minimum atomic E-state index is -0.426. The van der Waals surface area contributed by atoms with Crippen molar-refractivity contribution in [3.8, 4) is 0 Å². The first-order valence-corrected chi connectivity index (χ1v) is 10.9. The van der Waals surface area contributed by atoms with Crippen molar-refractivity contribution in [2.24, 2.45) is 5.92 Å². The van der Waals surface area contributed by atoms with Gasteiger partial charge in [-0.15, -0.1) is 0 Å². The van der Waals surface area contributed by atoms with Crippen LogP contribution in [0.4, 0.5) is 10.1 Å². The minimum absolute atomic E-state index is 0.188. The second-order valence-electron chi connectivity index (χ2n) is 8.53. The van der Waals surface area contributed by atoms with Crippen molar-refractivity contribution in [3.63, 3.8) is 0 Å². The number of benzene rings is 1. The van der Waals surface area contributed by atoms with Crippen LogP contribution in [0.5, 0.6) is 0 Å². The first-order chi connectivity index (χ1) is 14.9. The summed E-state index contributed by atoms with van der Waals surface area (Å²) < 4.78 is 19.4. The van der Waals surface area contributed by atoms with Crippen LogP contribution < -0.4 is 5.32 Å². The van der Waals surface area contributed by atoms with E-state index in [1.54, 1.807) is 6.92 Å². The monoisotopic (exact) mass is 428 g/mol. The Balaban J connectivity index is 1.39. The third-order valence-corrected chi connectivity index (χ3v) is 6.47. The molecule has 1 saturated heterocycles. The number of nitrogens with zero attached hydrogens (tertiary/aromatic N) is 3. The molecule has 2 heterocycles. The first-order valence-electron chi connectivity index (χ1n) is 10.9. The number of hydrogen-bond acceptors (Lipinski definition) is 5. The van der Waals surface area contributed by atoms with Gasteiger partial charge in [-0.25, -0.2) is 9.37 Å². The number of hydrogen-bond donors (Lipinski definition) is 1.